The van der Waals surface area contributed by atoms with Gasteiger partial charge in [-0.2, -0.15) is 0 Å². The number of nitrogens with one attached hydrogen (secondary N) is 3. The van der Waals surface area contributed by atoms with E-state index in [9.17, 15) is 4.79 Å². The minimum absolute atomic E-state index is 0. The zero-order valence-corrected chi connectivity index (χ0v) is 19.4. The Morgan fingerprint density at radius 2 is 1.65 bits per heavy atom. The fourth-order valence-electron chi connectivity index (χ4n) is 2.01. The Balaban J connectivity index is 0.00000625. The number of carbonyl (C=O) groups is 1. The second-order valence-corrected chi connectivity index (χ2v) is 6.42. The molecule has 148 valence electrons. The summed E-state index contributed by atoms with van der Waals surface area (Å²) < 4.78 is 6.47. The van der Waals surface area contributed by atoms with E-state index in [2.05, 4.69) is 43.8 Å². The highest BCUT2D eigenvalue weighted by Gasteiger charge is 2.04. The van der Waals surface area contributed by atoms with Crippen molar-refractivity contribution in [3.8, 4) is 0 Å². The molecule has 6 nitrogen and oxygen atoms in total. The Morgan fingerprint density at radius 1 is 1.04 bits per heavy atom. The maximum absolute atomic E-state index is 12.0. The SMILES string of the molecule is CCCCOCCCNC(=NC)NCCNC(=O)c1ccc(Br)cc1.I. The number of hydrogen-bond acceptors (Lipinski definition) is 3. The van der Waals surface area contributed by atoms with Crippen LogP contribution >= 0.6 is 39.9 Å². The summed E-state index contributed by atoms with van der Waals surface area (Å²) in [7, 11) is 1.73. The first-order valence-electron chi connectivity index (χ1n) is 8.73. The van der Waals surface area contributed by atoms with Gasteiger partial charge in [-0.3, -0.25) is 9.79 Å². The summed E-state index contributed by atoms with van der Waals surface area (Å²) >= 11 is 3.35. The van der Waals surface area contributed by atoms with E-state index in [0.717, 1.165) is 49.5 Å². The topological polar surface area (TPSA) is 74.8 Å². The van der Waals surface area contributed by atoms with E-state index in [0.29, 0.717) is 18.7 Å². The van der Waals surface area contributed by atoms with E-state index in [-0.39, 0.29) is 29.9 Å². The lowest BCUT2D eigenvalue weighted by molar-refractivity contribution is 0.0954. The van der Waals surface area contributed by atoms with Crippen LogP contribution in [0, 0.1) is 0 Å². The fourth-order valence-corrected chi connectivity index (χ4v) is 2.27. The van der Waals surface area contributed by atoms with E-state index in [4.69, 9.17) is 4.74 Å². The summed E-state index contributed by atoms with van der Waals surface area (Å²) in [5, 5.41) is 9.27. The molecule has 0 radical (unpaired) electrons. The third kappa shape index (κ3) is 11.7. The van der Waals surface area contributed by atoms with Crippen LogP contribution in [0.1, 0.15) is 36.5 Å². The third-order valence-electron chi connectivity index (χ3n) is 3.43. The van der Waals surface area contributed by atoms with Crippen molar-refractivity contribution < 1.29 is 9.53 Å². The number of ether oxygens (including phenoxy) is 1. The number of guanidine groups is 1. The number of unbranched alkanes of at least 4 members (excludes halogenated alkanes) is 1. The molecule has 0 saturated heterocycles. The molecule has 0 aliphatic carbocycles. The fraction of sp³-hybridized carbons (Fsp3) is 0.556. The third-order valence-corrected chi connectivity index (χ3v) is 3.96. The molecule has 0 heterocycles. The molecule has 0 aliphatic heterocycles. The Hall–Kier alpha value is -0.870. The van der Waals surface area contributed by atoms with Gasteiger partial charge in [0, 0.05) is 49.9 Å². The van der Waals surface area contributed by atoms with E-state index in [1.807, 2.05) is 12.1 Å². The van der Waals surface area contributed by atoms with Crippen LogP contribution < -0.4 is 16.0 Å². The van der Waals surface area contributed by atoms with Crippen LogP contribution in [0.5, 0.6) is 0 Å². The molecule has 0 spiro atoms. The normalized spacial score (nSPS) is 10.8. The monoisotopic (exact) mass is 540 g/mol. The molecule has 0 unspecified atom stereocenters. The number of rotatable bonds is 11. The van der Waals surface area contributed by atoms with Gasteiger partial charge in [0.15, 0.2) is 5.96 Å². The quantitative estimate of drug-likeness (QED) is 0.174. The Bertz CT molecular complexity index is 526. The van der Waals surface area contributed by atoms with Crippen molar-refractivity contribution in [3.63, 3.8) is 0 Å². The standard InChI is InChI=1S/C18H29BrN4O2.HI/c1-3-4-13-25-14-5-10-22-18(20-2)23-12-11-21-17(24)15-6-8-16(19)9-7-15;/h6-9H,3-5,10-14H2,1-2H3,(H,21,24)(H2,20,22,23);1H. The highest BCUT2D eigenvalue weighted by atomic mass is 127. The van der Waals surface area contributed by atoms with Gasteiger partial charge in [-0.05, 0) is 37.1 Å². The van der Waals surface area contributed by atoms with Gasteiger partial charge in [-0.15, -0.1) is 24.0 Å². The highest BCUT2D eigenvalue weighted by molar-refractivity contribution is 14.0. The van der Waals surface area contributed by atoms with E-state index in [1.54, 1.807) is 19.2 Å². The minimum Gasteiger partial charge on any atom is -0.381 e. The van der Waals surface area contributed by atoms with Gasteiger partial charge in [0.05, 0.1) is 0 Å². The van der Waals surface area contributed by atoms with Crippen molar-refractivity contribution in [1.29, 1.82) is 0 Å². The molecule has 0 aromatic heterocycles. The molecule has 0 saturated carbocycles. The van der Waals surface area contributed by atoms with Crippen LogP contribution in [-0.4, -0.2) is 51.8 Å². The second kappa shape index (κ2) is 16.3. The van der Waals surface area contributed by atoms with Gasteiger partial charge in [-0.1, -0.05) is 29.3 Å². The molecule has 1 aromatic rings. The van der Waals surface area contributed by atoms with Crippen molar-refractivity contribution in [2.24, 2.45) is 4.99 Å². The summed E-state index contributed by atoms with van der Waals surface area (Å²) in [6.07, 6.45) is 3.21. The number of aliphatic imine (C=N–C) groups is 1. The number of hydrogen-bond donors (Lipinski definition) is 3. The van der Waals surface area contributed by atoms with Crippen LogP contribution in [0.25, 0.3) is 0 Å². The molecule has 0 fully saturated rings. The van der Waals surface area contributed by atoms with Crippen LogP contribution in [0.3, 0.4) is 0 Å². The second-order valence-electron chi connectivity index (χ2n) is 5.51. The minimum atomic E-state index is -0.0820. The van der Waals surface area contributed by atoms with Gasteiger partial charge in [0.2, 0.25) is 0 Å². The molecule has 1 aromatic carbocycles. The molecule has 0 bridgehead atoms. The van der Waals surface area contributed by atoms with Crippen LogP contribution in [0.2, 0.25) is 0 Å². The highest BCUT2D eigenvalue weighted by Crippen LogP contribution is 2.10. The number of nitrogens with zero attached hydrogens (tertiary/aromatic N) is 1. The summed E-state index contributed by atoms with van der Waals surface area (Å²) in [4.78, 5) is 16.1. The molecule has 8 heteroatoms. The maximum Gasteiger partial charge on any atom is 0.251 e. The van der Waals surface area contributed by atoms with E-state index < -0.39 is 0 Å². The van der Waals surface area contributed by atoms with Crippen molar-refractivity contribution in [2.45, 2.75) is 26.2 Å². The lowest BCUT2D eigenvalue weighted by Crippen LogP contribution is -2.42. The van der Waals surface area contributed by atoms with E-state index in [1.165, 1.54) is 0 Å². The maximum atomic E-state index is 12.0. The molecule has 0 atom stereocenters. The van der Waals surface area contributed by atoms with Crippen molar-refractivity contribution in [1.82, 2.24) is 16.0 Å². The van der Waals surface area contributed by atoms with Gasteiger partial charge in [0.1, 0.15) is 0 Å². The van der Waals surface area contributed by atoms with Crippen LogP contribution in [0.4, 0.5) is 0 Å². The zero-order chi connectivity index (χ0) is 18.3. The van der Waals surface area contributed by atoms with Gasteiger partial charge >= 0.3 is 0 Å². The summed E-state index contributed by atoms with van der Waals surface area (Å²) in [6, 6.07) is 7.28. The largest absolute Gasteiger partial charge is 0.381 e. The number of benzene rings is 1. The number of amides is 1. The van der Waals surface area contributed by atoms with Crippen molar-refractivity contribution in [2.75, 3.05) is 39.9 Å². The first-order chi connectivity index (χ1) is 12.2. The number of carbonyl (C=O) groups excluding carboxylic acids is 1. The molecular formula is C18H30BrIN4O2. The smallest absolute Gasteiger partial charge is 0.251 e. The van der Waals surface area contributed by atoms with Gasteiger partial charge in [-0.25, -0.2) is 0 Å². The molecule has 0 aliphatic rings. The predicted molar refractivity (Wildman–Crippen MR) is 122 cm³/mol. The first-order valence-corrected chi connectivity index (χ1v) is 9.52. The number of halogens is 2. The molecule has 26 heavy (non-hydrogen) atoms. The molecule has 1 rings (SSSR count). The summed E-state index contributed by atoms with van der Waals surface area (Å²) in [5.41, 5.74) is 0.647. The average Bonchev–Trinajstić information content (AvgIpc) is 2.63. The Labute approximate surface area is 182 Å². The molecule has 1 amide bonds. The molecule has 3 N–H and O–H groups in total. The van der Waals surface area contributed by atoms with Crippen molar-refractivity contribution >= 4 is 51.8 Å². The Morgan fingerprint density at radius 3 is 2.31 bits per heavy atom. The van der Waals surface area contributed by atoms with Crippen LogP contribution in [0.15, 0.2) is 33.7 Å². The van der Waals surface area contributed by atoms with Gasteiger partial charge < -0.3 is 20.7 Å². The van der Waals surface area contributed by atoms with Crippen molar-refractivity contribution in [3.05, 3.63) is 34.3 Å². The average molecular weight is 541 g/mol. The molecular weight excluding hydrogens is 511 g/mol. The summed E-state index contributed by atoms with van der Waals surface area (Å²) in [5.74, 6) is 0.646. The lowest BCUT2D eigenvalue weighted by Gasteiger charge is -2.12. The Kier molecular flexibility index (Phi) is 15.8. The van der Waals surface area contributed by atoms with E-state index >= 15 is 0 Å². The van der Waals surface area contributed by atoms with Gasteiger partial charge in [0.25, 0.3) is 5.91 Å². The van der Waals surface area contributed by atoms with Crippen LogP contribution in [-0.2, 0) is 4.74 Å². The zero-order valence-electron chi connectivity index (χ0n) is 15.5. The predicted octanol–water partition coefficient (Wildman–Crippen LogP) is 3.17. The first kappa shape index (κ1) is 25.1. The summed E-state index contributed by atoms with van der Waals surface area (Å²) in [6.45, 7) is 5.68. The lowest BCUT2D eigenvalue weighted by atomic mass is 10.2.